The second-order valence-corrected chi connectivity index (χ2v) is 17.4. The van der Waals surface area contributed by atoms with E-state index in [0.29, 0.717) is 26.1 Å². The molecule has 7 heteroatoms. The monoisotopic (exact) mass is 598 g/mol. The molecular weight excluding hydrogens is 547 g/mol. The predicted molar refractivity (Wildman–Crippen MR) is 149 cm³/mol. The van der Waals surface area contributed by atoms with Gasteiger partial charge in [0.05, 0.1) is 12.2 Å². The van der Waals surface area contributed by atoms with Crippen molar-refractivity contribution in [3.8, 4) is 0 Å². The van der Waals surface area contributed by atoms with Crippen molar-refractivity contribution in [3.63, 3.8) is 0 Å². The van der Waals surface area contributed by atoms with Gasteiger partial charge in [-0.1, -0.05) is 55.9 Å². The van der Waals surface area contributed by atoms with Crippen molar-refractivity contribution >= 4 is 30.9 Å². The molecule has 0 amide bonds. The molecule has 3 atom stereocenters. The summed E-state index contributed by atoms with van der Waals surface area (Å²) in [7, 11) is 1.58. The lowest BCUT2D eigenvalue weighted by molar-refractivity contribution is -0.200. The molecule has 0 N–H and O–H groups in total. The van der Waals surface area contributed by atoms with Crippen LogP contribution in [0.1, 0.15) is 73.6 Å². The van der Waals surface area contributed by atoms with Crippen molar-refractivity contribution in [2.75, 3.05) is 45.4 Å². The normalized spacial score (nSPS) is 28.3. The summed E-state index contributed by atoms with van der Waals surface area (Å²) in [5.41, 5.74) is 2.78. The molecule has 5 nitrogen and oxygen atoms in total. The minimum Gasteiger partial charge on any atom is -0.413 e. The highest BCUT2D eigenvalue weighted by atomic mass is 127. The minimum absolute atomic E-state index is 0.0137. The molecule has 0 radical (unpaired) electrons. The Morgan fingerprint density at radius 2 is 1.76 bits per heavy atom. The topological polar surface area (TPSA) is 46.2 Å². The fraction of sp³-hybridized carbons (Fsp3) is 0.923. The van der Waals surface area contributed by atoms with E-state index in [0.717, 1.165) is 43.1 Å². The molecule has 33 heavy (non-hydrogen) atoms. The van der Waals surface area contributed by atoms with Gasteiger partial charge in [-0.15, -0.1) is 0 Å². The number of methoxy groups -OCH3 is 2. The SMILES string of the molecule is COCOCCC[C@@H]1/C(=C(/C)CO[Si](C)(C)C(C)(C)C)CC[C@](C)(OCOC)[C@@]1(C)CCI. The molecule has 1 saturated carbocycles. The van der Waals surface area contributed by atoms with E-state index in [4.69, 9.17) is 23.4 Å². The van der Waals surface area contributed by atoms with Crippen molar-refractivity contribution in [3.05, 3.63) is 11.1 Å². The zero-order valence-electron chi connectivity index (χ0n) is 23.1. The summed E-state index contributed by atoms with van der Waals surface area (Å²) in [4.78, 5) is 0. The lowest BCUT2D eigenvalue weighted by Gasteiger charge is -2.55. The molecule has 1 fully saturated rings. The fourth-order valence-electron chi connectivity index (χ4n) is 4.78. The second kappa shape index (κ2) is 13.7. The number of rotatable bonds is 14. The van der Waals surface area contributed by atoms with Crippen molar-refractivity contribution in [2.24, 2.45) is 11.3 Å². The van der Waals surface area contributed by atoms with Crippen LogP contribution in [0.3, 0.4) is 0 Å². The average Bonchev–Trinajstić information content (AvgIpc) is 2.73. The Morgan fingerprint density at radius 1 is 1.12 bits per heavy atom. The van der Waals surface area contributed by atoms with E-state index in [1.165, 1.54) is 5.57 Å². The van der Waals surface area contributed by atoms with Gasteiger partial charge in [-0.3, -0.25) is 0 Å². The van der Waals surface area contributed by atoms with Gasteiger partial charge < -0.3 is 23.4 Å². The van der Waals surface area contributed by atoms with Crippen molar-refractivity contribution < 1.29 is 23.4 Å². The molecule has 1 rings (SSSR count). The van der Waals surface area contributed by atoms with Crippen LogP contribution in [-0.2, 0) is 23.4 Å². The fourth-order valence-corrected chi connectivity index (χ4v) is 6.91. The lowest BCUT2D eigenvalue weighted by Crippen LogP contribution is -2.55. The molecule has 1 aliphatic carbocycles. The van der Waals surface area contributed by atoms with Gasteiger partial charge in [0.15, 0.2) is 8.32 Å². The van der Waals surface area contributed by atoms with Crippen LogP contribution >= 0.6 is 22.6 Å². The highest BCUT2D eigenvalue weighted by Gasteiger charge is 2.54. The summed E-state index contributed by atoms with van der Waals surface area (Å²) in [5.74, 6) is 0.428. The van der Waals surface area contributed by atoms with Gasteiger partial charge in [-0.2, -0.15) is 0 Å². The first kappa shape index (κ1) is 31.5. The quantitative estimate of drug-likeness (QED) is 0.0523. The van der Waals surface area contributed by atoms with E-state index in [2.05, 4.69) is 77.2 Å². The molecule has 0 heterocycles. The van der Waals surface area contributed by atoms with Crippen LogP contribution in [0.5, 0.6) is 0 Å². The summed E-state index contributed by atoms with van der Waals surface area (Å²) in [6.07, 6.45) is 5.25. The maximum Gasteiger partial charge on any atom is 0.192 e. The van der Waals surface area contributed by atoms with Crippen LogP contribution in [0.15, 0.2) is 11.1 Å². The van der Waals surface area contributed by atoms with Crippen molar-refractivity contribution in [1.82, 2.24) is 0 Å². The summed E-state index contributed by atoms with van der Waals surface area (Å²) in [5, 5.41) is 0.213. The van der Waals surface area contributed by atoms with Crippen LogP contribution in [0.2, 0.25) is 18.1 Å². The molecule has 0 aliphatic heterocycles. The Kier molecular flexibility index (Phi) is 13.1. The minimum atomic E-state index is -1.80. The maximum absolute atomic E-state index is 6.65. The van der Waals surface area contributed by atoms with Crippen LogP contribution < -0.4 is 0 Å². The summed E-state index contributed by atoms with van der Waals surface area (Å²) in [6.45, 7) is 20.8. The molecule has 0 aromatic carbocycles. The van der Waals surface area contributed by atoms with E-state index >= 15 is 0 Å². The first-order valence-corrected chi connectivity index (χ1v) is 16.8. The molecule has 0 aromatic heterocycles. The molecule has 0 unspecified atom stereocenters. The van der Waals surface area contributed by atoms with E-state index in [-0.39, 0.29) is 16.1 Å². The van der Waals surface area contributed by atoms with Gasteiger partial charge >= 0.3 is 0 Å². The van der Waals surface area contributed by atoms with Gasteiger partial charge in [0.1, 0.15) is 13.6 Å². The lowest BCUT2D eigenvalue weighted by atomic mass is 9.54. The van der Waals surface area contributed by atoms with Gasteiger partial charge in [-0.25, -0.2) is 0 Å². The van der Waals surface area contributed by atoms with Gasteiger partial charge in [0.25, 0.3) is 0 Å². The zero-order chi connectivity index (χ0) is 25.3. The number of hydrogen-bond acceptors (Lipinski definition) is 5. The Balaban J connectivity index is 3.26. The summed E-state index contributed by atoms with van der Waals surface area (Å²) >= 11 is 2.52. The van der Waals surface area contributed by atoms with Crippen molar-refractivity contribution in [2.45, 2.75) is 97.4 Å². The van der Waals surface area contributed by atoms with Gasteiger partial charge in [0, 0.05) is 30.7 Å². The Morgan fingerprint density at radius 3 is 2.30 bits per heavy atom. The smallest absolute Gasteiger partial charge is 0.192 e. The number of alkyl halides is 1. The standard InChI is InChI=1S/C26H51IO5Si/c1-21(18-32-33(9,10)24(2,3)4)22-13-14-26(6,31-20-29-8)25(5,15-16-27)23(22)12-11-17-30-19-28-7/h23H,11-20H2,1-10H3/b22-21-/t23-,25+,26+/m1/s1. The molecular formula is C26H51IO5Si. The van der Waals surface area contributed by atoms with Gasteiger partial charge in [-0.05, 0) is 75.6 Å². The second-order valence-electron chi connectivity index (χ2n) is 11.5. The first-order valence-electron chi connectivity index (χ1n) is 12.4. The molecule has 1 aliphatic rings. The van der Waals surface area contributed by atoms with E-state index in [1.54, 1.807) is 19.8 Å². The average molecular weight is 599 g/mol. The maximum atomic E-state index is 6.65. The number of halogens is 1. The Bertz CT molecular complexity index is 618. The van der Waals surface area contributed by atoms with Crippen LogP contribution in [0.25, 0.3) is 0 Å². The Hall–Kier alpha value is 0.487. The van der Waals surface area contributed by atoms with Gasteiger partial charge in [0.2, 0.25) is 0 Å². The molecule has 0 spiro atoms. The third-order valence-electron chi connectivity index (χ3n) is 8.36. The number of hydrogen-bond donors (Lipinski definition) is 0. The first-order chi connectivity index (χ1) is 15.3. The third-order valence-corrected chi connectivity index (χ3v) is 13.4. The zero-order valence-corrected chi connectivity index (χ0v) is 26.2. The van der Waals surface area contributed by atoms with Crippen LogP contribution in [-0.4, -0.2) is 59.4 Å². The molecule has 0 bridgehead atoms. The van der Waals surface area contributed by atoms with Crippen LogP contribution in [0.4, 0.5) is 0 Å². The number of ether oxygens (including phenoxy) is 4. The molecule has 0 saturated heterocycles. The number of allylic oxidation sites excluding steroid dienone is 1. The molecule has 196 valence electrons. The highest BCUT2D eigenvalue weighted by Crippen LogP contribution is 2.56. The van der Waals surface area contributed by atoms with E-state index < -0.39 is 8.32 Å². The third kappa shape index (κ3) is 8.25. The highest BCUT2D eigenvalue weighted by molar-refractivity contribution is 14.1. The van der Waals surface area contributed by atoms with Crippen molar-refractivity contribution in [1.29, 1.82) is 0 Å². The summed E-state index contributed by atoms with van der Waals surface area (Å²) in [6, 6.07) is 0. The van der Waals surface area contributed by atoms with E-state index in [9.17, 15) is 0 Å². The largest absolute Gasteiger partial charge is 0.413 e. The summed E-state index contributed by atoms with van der Waals surface area (Å²) < 4.78 is 30.2. The molecule has 0 aromatic rings. The Labute approximate surface area is 219 Å². The van der Waals surface area contributed by atoms with E-state index in [1.807, 2.05) is 0 Å². The van der Waals surface area contributed by atoms with Crippen LogP contribution in [0, 0.1) is 11.3 Å². The predicted octanol–water partition coefficient (Wildman–Crippen LogP) is 7.35.